The van der Waals surface area contributed by atoms with Crippen LogP contribution in [0.15, 0.2) is 23.2 Å². The van der Waals surface area contributed by atoms with Crippen LogP contribution in [0.4, 0.5) is 5.69 Å². The number of nitrogens with zero attached hydrogens (tertiary/aromatic N) is 2. The number of hydrogen-bond acceptors (Lipinski definition) is 2. The first-order valence-corrected chi connectivity index (χ1v) is 7.69. The Labute approximate surface area is 121 Å². The highest BCUT2D eigenvalue weighted by Crippen LogP contribution is 2.29. The first kappa shape index (κ1) is 13.4. The van der Waals surface area contributed by atoms with E-state index in [2.05, 4.69) is 35.4 Å². The van der Waals surface area contributed by atoms with Crippen molar-refractivity contribution in [1.29, 1.82) is 0 Å². The summed E-state index contributed by atoms with van der Waals surface area (Å²) in [7, 11) is 0. The quantitative estimate of drug-likeness (QED) is 0.357. The van der Waals surface area contributed by atoms with Crippen LogP contribution in [-0.2, 0) is 6.42 Å². The second-order valence-electron chi connectivity index (χ2n) is 5.92. The lowest BCUT2D eigenvalue weighted by Gasteiger charge is -2.32. The van der Waals surface area contributed by atoms with Crippen LogP contribution in [-0.4, -0.2) is 18.5 Å². The molecule has 1 aliphatic carbocycles. The molecule has 2 aliphatic rings. The number of nitrogens with one attached hydrogen (secondary N) is 1. The summed E-state index contributed by atoms with van der Waals surface area (Å²) in [6, 6.07) is 7.09. The second kappa shape index (κ2) is 5.83. The molecule has 0 amide bonds. The molecule has 0 spiro atoms. The third-order valence-corrected chi connectivity index (χ3v) is 4.37. The van der Waals surface area contributed by atoms with Crippen molar-refractivity contribution in [3.8, 4) is 0 Å². The predicted molar refractivity (Wildman–Crippen MR) is 83.9 cm³/mol. The minimum atomic E-state index is 0.442. The van der Waals surface area contributed by atoms with E-state index in [1.807, 2.05) is 0 Å². The highest BCUT2D eigenvalue weighted by molar-refractivity contribution is 5.97. The normalized spacial score (nSPS) is 20.1. The Balaban J connectivity index is 1.89. The summed E-state index contributed by atoms with van der Waals surface area (Å²) in [6.45, 7) is 3.14. The van der Waals surface area contributed by atoms with Crippen LogP contribution in [0.5, 0.6) is 0 Å². The molecular formula is C16H24N4. The van der Waals surface area contributed by atoms with Gasteiger partial charge in [0.05, 0.1) is 6.04 Å². The fourth-order valence-electron chi connectivity index (χ4n) is 3.34. The molecule has 20 heavy (non-hydrogen) atoms. The Kier molecular flexibility index (Phi) is 3.92. The van der Waals surface area contributed by atoms with Gasteiger partial charge < -0.3 is 4.90 Å². The minimum Gasteiger partial charge on any atom is -0.311 e. The highest BCUT2D eigenvalue weighted by atomic mass is 15.4. The van der Waals surface area contributed by atoms with Crippen molar-refractivity contribution in [2.75, 3.05) is 11.4 Å². The molecule has 108 valence electrons. The molecular weight excluding hydrogens is 248 g/mol. The van der Waals surface area contributed by atoms with E-state index in [0.717, 1.165) is 25.3 Å². The molecule has 0 atom stereocenters. The first-order valence-electron chi connectivity index (χ1n) is 7.69. The number of rotatable bonds is 1. The fraction of sp³-hybridized carbons (Fsp3) is 0.562. The van der Waals surface area contributed by atoms with E-state index in [9.17, 15) is 0 Å². The average Bonchev–Trinajstić information content (AvgIpc) is 2.97. The zero-order valence-electron chi connectivity index (χ0n) is 12.2. The Morgan fingerprint density at radius 2 is 2.10 bits per heavy atom. The molecule has 0 radical (unpaired) electrons. The molecule has 3 N–H and O–H groups in total. The van der Waals surface area contributed by atoms with Gasteiger partial charge in [-0.05, 0) is 44.2 Å². The summed E-state index contributed by atoms with van der Waals surface area (Å²) in [5.41, 5.74) is 6.82. The smallest absolute Gasteiger partial charge is 0.213 e. The van der Waals surface area contributed by atoms with E-state index < -0.39 is 0 Å². The Bertz CT molecular complexity index is 503. The molecule has 1 fully saturated rings. The molecule has 4 nitrogen and oxygen atoms in total. The SMILES string of the molecule is Cc1ccc2c(c1)CCCN2C(=NC1CCCC1)NN. The number of hydrogen-bond donors (Lipinski definition) is 2. The van der Waals surface area contributed by atoms with E-state index in [1.54, 1.807) is 0 Å². The number of hydrazine groups is 1. The highest BCUT2D eigenvalue weighted by Gasteiger charge is 2.22. The summed E-state index contributed by atoms with van der Waals surface area (Å²) in [6.07, 6.45) is 7.28. The van der Waals surface area contributed by atoms with Crippen molar-refractivity contribution in [2.24, 2.45) is 10.8 Å². The third kappa shape index (κ3) is 2.66. The topological polar surface area (TPSA) is 53.6 Å². The average molecular weight is 272 g/mol. The predicted octanol–water partition coefficient (Wildman–Crippen LogP) is 2.51. The lowest BCUT2D eigenvalue weighted by Crippen LogP contribution is -2.47. The van der Waals surface area contributed by atoms with Gasteiger partial charge in [-0.3, -0.25) is 5.43 Å². The van der Waals surface area contributed by atoms with Gasteiger partial charge in [-0.25, -0.2) is 10.8 Å². The van der Waals surface area contributed by atoms with Crippen LogP contribution in [0.3, 0.4) is 0 Å². The molecule has 1 aromatic rings. The number of fused-ring (bicyclic) bond motifs is 1. The van der Waals surface area contributed by atoms with Gasteiger partial charge in [-0.1, -0.05) is 30.5 Å². The zero-order chi connectivity index (χ0) is 13.9. The number of nitrogens with two attached hydrogens (primary N) is 1. The van der Waals surface area contributed by atoms with Gasteiger partial charge in [0.25, 0.3) is 0 Å². The number of aliphatic imine (C=N–C) groups is 1. The van der Waals surface area contributed by atoms with Gasteiger partial charge in [0.15, 0.2) is 0 Å². The Morgan fingerprint density at radius 1 is 1.30 bits per heavy atom. The van der Waals surface area contributed by atoms with Gasteiger partial charge in [0.2, 0.25) is 5.96 Å². The summed E-state index contributed by atoms with van der Waals surface area (Å²) < 4.78 is 0. The van der Waals surface area contributed by atoms with Gasteiger partial charge in [0.1, 0.15) is 0 Å². The van der Waals surface area contributed by atoms with E-state index in [1.165, 1.54) is 42.5 Å². The first-order chi connectivity index (χ1) is 9.78. The van der Waals surface area contributed by atoms with E-state index in [0.29, 0.717) is 6.04 Å². The molecule has 1 aromatic carbocycles. The number of guanidine groups is 1. The Hall–Kier alpha value is -1.55. The molecule has 1 heterocycles. The summed E-state index contributed by atoms with van der Waals surface area (Å²) >= 11 is 0. The van der Waals surface area contributed by atoms with Crippen LogP contribution >= 0.6 is 0 Å². The summed E-state index contributed by atoms with van der Waals surface area (Å²) in [5.74, 6) is 6.58. The molecule has 0 aromatic heterocycles. The molecule has 0 saturated heterocycles. The van der Waals surface area contributed by atoms with Gasteiger partial charge in [0, 0.05) is 12.2 Å². The molecule has 3 rings (SSSR count). The van der Waals surface area contributed by atoms with E-state index in [-0.39, 0.29) is 0 Å². The second-order valence-corrected chi connectivity index (χ2v) is 5.92. The number of anilines is 1. The number of aryl methyl sites for hydroxylation is 2. The Morgan fingerprint density at radius 3 is 2.85 bits per heavy atom. The number of benzene rings is 1. The van der Waals surface area contributed by atoms with Gasteiger partial charge >= 0.3 is 0 Å². The lowest BCUT2D eigenvalue weighted by atomic mass is 10.00. The monoisotopic (exact) mass is 272 g/mol. The fourth-order valence-corrected chi connectivity index (χ4v) is 3.34. The summed E-state index contributed by atoms with van der Waals surface area (Å²) in [4.78, 5) is 7.09. The molecule has 1 saturated carbocycles. The molecule has 1 aliphatic heterocycles. The van der Waals surface area contributed by atoms with Crippen LogP contribution in [0.25, 0.3) is 0 Å². The summed E-state index contributed by atoms with van der Waals surface area (Å²) in [5, 5.41) is 0. The van der Waals surface area contributed by atoms with Crippen LogP contribution in [0.2, 0.25) is 0 Å². The van der Waals surface area contributed by atoms with E-state index >= 15 is 0 Å². The molecule has 4 heteroatoms. The third-order valence-electron chi connectivity index (χ3n) is 4.37. The largest absolute Gasteiger partial charge is 0.311 e. The van der Waals surface area contributed by atoms with Crippen molar-refractivity contribution in [3.63, 3.8) is 0 Å². The maximum atomic E-state index is 5.75. The van der Waals surface area contributed by atoms with Crippen molar-refractivity contribution in [2.45, 2.75) is 51.5 Å². The van der Waals surface area contributed by atoms with Crippen molar-refractivity contribution in [3.05, 3.63) is 29.3 Å². The van der Waals surface area contributed by atoms with Crippen molar-refractivity contribution in [1.82, 2.24) is 5.43 Å². The van der Waals surface area contributed by atoms with Gasteiger partial charge in [-0.15, -0.1) is 0 Å². The zero-order valence-corrected chi connectivity index (χ0v) is 12.2. The maximum Gasteiger partial charge on any atom is 0.213 e. The van der Waals surface area contributed by atoms with Gasteiger partial charge in [-0.2, -0.15) is 0 Å². The van der Waals surface area contributed by atoms with Crippen LogP contribution in [0.1, 0.15) is 43.2 Å². The van der Waals surface area contributed by atoms with Crippen molar-refractivity contribution < 1.29 is 0 Å². The lowest BCUT2D eigenvalue weighted by molar-refractivity contribution is 0.686. The molecule has 0 bridgehead atoms. The van der Waals surface area contributed by atoms with Crippen molar-refractivity contribution >= 4 is 11.6 Å². The van der Waals surface area contributed by atoms with E-state index in [4.69, 9.17) is 10.8 Å². The van der Waals surface area contributed by atoms with Crippen LogP contribution < -0.4 is 16.2 Å². The standard InChI is InChI=1S/C16H24N4/c1-12-8-9-15-13(11-12)5-4-10-20(15)16(19-17)18-14-6-2-3-7-14/h8-9,11,14H,2-7,10,17H2,1H3,(H,18,19). The van der Waals surface area contributed by atoms with Crippen LogP contribution in [0, 0.1) is 6.92 Å². The maximum absolute atomic E-state index is 5.75. The molecule has 0 unspecified atom stereocenters. The minimum absolute atomic E-state index is 0.442.